The zero-order valence-corrected chi connectivity index (χ0v) is 18.4. The number of hydrogen-bond acceptors (Lipinski definition) is 6. The zero-order valence-electron chi connectivity index (χ0n) is 17.6. The molecule has 3 N–H and O–H groups in total. The van der Waals surface area contributed by atoms with Gasteiger partial charge >= 0.3 is 6.09 Å². The third-order valence-corrected chi connectivity index (χ3v) is 6.68. The highest BCUT2D eigenvalue weighted by molar-refractivity contribution is 7.89. The summed E-state index contributed by atoms with van der Waals surface area (Å²) in [6.45, 7) is 3.92. The Hall–Kier alpha value is -2.63. The molecule has 1 atom stereocenters. The molecular weight excluding hydrogens is 424 g/mol. The molecule has 1 aliphatic rings. The number of nitrogens with one attached hydrogen (secondary N) is 1. The summed E-state index contributed by atoms with van der Waals surface area (Å²) in [5.41, 5.74) is 2.84. The van der Waals surface area contributed by atoms with Gasteiger partial charge in [-0.25, -0.2) is 17.9 Å². The number of sulfonamides is 1. The minimum absolute atomic E-state index is 0.0194. The van der Waals surface area contributed by atoms with Crippen molar-refractivity contribution in [1.29, 1.82) is 0 Å². The first-order valence-corrected chi connectivity index (χ1v) is 11.8. The summed E-state index contributed by atoms with van der Waals surface area (Å²) in [6, 6.07) is 3.40. The molecule has 0 saturated heterocycles. The molecule has 3 rings (SSSR count). The Kier molecular flexibility index (Phi) is 7.19. The fourth-order valence-corrected chi connectivity index (χ4v) is 4.27. The lowest BCUT2D eigenvalue weighted by Crippen LogP contribution is -2.41. The minimum atomic E-state index is -3.34. The van der Waals surface area contributed by atoms with Crippen LogP contribution < -0.4 is 14.4 Å². The van der Waals surface area contributed by atoms with E-state index in [2.05, 4.69) is 9.82 Å². The number of amides is 1. The third-order valence-electron chi connectivity index (χ3n) is 5.28. The average molecular weight is 453 g/mol. The number of anilines is 1. The van der Waals surface area contributed by atoms with Crippen LogP contribution in [0, 0.1) is 0 Å². The summed E-state index contributed by atoms with van der Waals surface area (Å²) in [5.74, 6) is 0.504. The molecule has 0 aliphatic carbocycles. The molecule has 2 aromatic rings. The van der Waals surface area contributed by atoms with Gasteiger partial charge in [0.1, 0.15) is 12.4 Å². The fraction of sp³-hybridized carbons (Fsp3) is 0.500. The lowest BCUT2D eigenvalue weighted by Gasteiger charge is -2.34. The van der Waals surface area contributed by atoms with E-state index in [-0.39, 0.29) is 31.6 Å². The number of benzene rings is 1. The lowest BCUT2D eigenvalue weighted by atomic mass is 9.92. The molecule has 0 radical (unpaired) electrons. The predicted molar refractivity (Wildman–Crippen MR) is 116 cm³/mol. The quantitative estimate of drug-likeness (QED) is 0.493. The molecule has 0 unspecified atom stereocenters. The largest absolute Gasteiger partial charge is 0.491 e. The molecule has 10 nitrogen and oxygen atoms in total. The zero-order chi connectivity index (χ0) is 22.6. The highest BCUT2D eigenvalue weighted by Gasteiger charge is 2.31. The number of nitrogens with zero attached hydrogens (tertiary/aromatic N) is 3. The Morgan fingerprint density at radius 1 is 1.39 bits per heavy atom. The molecule has 0 bridgehead atoms. The monoisotopic (exact) mass is 452 g/mol. The standard InChI is InChI=1S/C20H28N4O6S/c1-3-31(28,29)22-8-11-30-19-16(15-12-21-23(13-15)9-10-25)6-7-18-17(19)5-4-14(2)24(18)20(26)27/h6-7,12-14,22,25H,3-5,8-11H2,1-2H3,(H,26,27)/t14-/m0/s1. The number of aliphatic hydroxyl groups is 1. The van der Waals surface area contributed by atoms with E-state index >= 15 is 0 Å². The summed E-state index contributed by atoms with van der Waals surface area (Å²) in [4.78, 5) is 13.2. The van der Waals surface area contributed by atoms with E-state index in [0.29, 0.717) is 30.8 Å². The van der Waals surface area contributed by atoms with Gasteiger partial charge < -0.3 is 14.9 Å². The molecule has 1 aliphatic heterocycles. The van der Waals surface area contributed by atoms with Crippen LogP contribution in [-0.2, 0) is 23.0 Å². The van der Waals surface area contributed by atoms with Gasteiger partial charge in [0.2, 0.25) is 10.0 Å². The molecule has 1 aromatic carbocycles. The fourth-order valence-electron chi connectivity index (χ4n) is 3.67. The van der Waals surface area contributed by atoms with Gasteiger partial charge in [-0.15, -0.1) is 0 Å². The van der Waals surface area contributed by atoms with Crippen LogP contribution in [0.4, 0.5) is 10.5 Å². The number of aromatic nitrogens is 2. The Balaban J connectivity index is 1.97. The first-order valence-electron chi connectivity index (χ1n) is 10.2. The maximum Gasteiger partial charge on any atom is 0.412 e. The van der Waals surface area contributed by atoms with Crippen LogP contribution in [0.15, 0.2) is 24.5 Å². The smallest absolute Gasteiger partial charge is 0.412 e. The van der Waals surface area contributed by atoms with Gasteiger partial charge in [0.15, 0.2) is 0 Å². The molecular formula is C20H28N4O6S. The Morgan fingerprint density at radius 2 is 2.16 bits per heavy atom. The number of fused-ring (bicyclic) bond motifs is 1. The number of ether oxygens (including phenoxy) is 1. The van der Waals surface area contributed by atoms with Crippen molar-refractivity contribution >= 4 is 21.8 Å². The Morgan fingerprint density at radius 3 is 2.84 bits per heavy atom. The average Bonchev–Trinajstić information content (AvgIpc) is 3.19. The summed E-state index contributed by atoms with van der Waals surface area (Å²) >= 11 is 0. The number of carboxylic acid groups (broad SMARTS) is 1. The predicted octanol–water partition coefficient (Wildman–Crippen LogP) is 1.68. The van der Waals surface area contributed by atoms with Gasteiger partial charge in [0.25, 0.3) is 0 Å². The van der Waals surface area contributed by atoms with E-state index in [1.165, 1.54) is 4.90 Å². The third kappa shape index (κ3) is 5.17. The van der Waals surface area contributed by atoms with Gasteiger partial charge in [-0.1, -0.05) is 0 Å². The van der Waals surface area contributed by atoms with Gasteiger partial charge in [-0.3, -0.25) is 9.58 Å². The van der Waals surface area contributed by atoms with Crippen LogP contribution in [0.2, 0.25) is 0 Å². The van der Waals surface area contributed by atoms with Crippen molar-refractivity contribution in [2.45, 2.75) is 39.3 Å². The second-order valence-electron chi connectivity index (χ2n) is 7.34. The van der Waals surface area contributed by atoms with E-state index in [1.807, 2.05) is 6.92 Å². The van der Waals surface area contributed by atoms with Crippen LogP contribution in [0.25, 0.3) is 11.1 Å². The van der Waals surface area contributed by atoms with Crippen LogP contribution in [0.1, 0.15) is 25.8 Å². The number of hydrogen-bond donors (Lipinski definition) is 3. The molecule has 2 heterocycles. The van der Waals surface area contributed by atoms with Crippen molar-refractivity contribution < 1.29 is 28.2 Å². The Labute approximate surface area is 181 Å². The molecule has 170 valence electrons. The van der Waals surface area contributed by atoms with E-state index in [4.69, 9.17) is 9.84 Å². The first kappa shape index (κ1) is 23.0. The van der Waals surface area contributed by atoms with Crippen molar-refractivity contribution in [2.24, 2.45) is 0 Å². The van der Waals surface area contributed by atoms with Crippen LogP contribution in [0.5, 0.6) is 5.75 Å². The molecule has 1 amide bonds. The van der Waals surface area contributed by atoms with Crippen molar-refractivity contribution in [2.75, 3.05) is 30.4 Å². The van der Waals surface area contributed by atoms with Gasteiger partial charge in [-0.2, -0.15) is 5.10 Å². The summed E-state index contributed by atoms with van der Waals surface area (Å²) in [6.07, 6.45) is 3.69. The molecule has 1 aromatic heterocycles. The summed E-state index contributed by atoms with van der Waals surface area (Å²) in [7, 11) is -3.34. The normalized spacial score (nSPS) is 16.2. The molecule has 11 heteroatoms. The number of aliphatic hydroxyl groups excluding tert-OH is 1. The molecule has 0 fully saturated rings. The summed E-state index contributed by atoms with van der Waals surface area (Å²) < 4.78 is 33.5. The Bertz CT molecular complexity index is 1040. The van der Waals surface area contributed by atoms with E-state index in [1.54, 1.807) is 36.1 Å². The van der Waals surface area contributed by atoms with Gasteiger partial charge in [-0.05, 0) is 38.8 Å². The topological polar surface area (TPSA) is 134 Å². The van der Waals surface area contributed by atoms with Crippen molar-refractivity contribution in [3.05, 3.63) is 30.1 Å². The highest BCUT2D eigenvalue weighted by Crippen LogP contribution is 2.42. The summed E-state index contributed by atoms with van der Waals surface area (Å²) in [5, 5.41) is 23.1. The van der Waals surface area contributed by atoms with Crippen LogP contribution in [0.3, 0.4) is 0 Å². The maximum absolute atomic E-state index is 11.8. The van der Waals surface area contributed by atoms with Crippen molar-refractivity contribution in [3.8, 4) is 16.9 Å². The SMILES string of the molecule is CCS(=O)(=O)NCCOc1c(-c2cnn(CCO)c2)ccc2c1CC[C@H](C)N2C(=O)O. The first-order chi connectivity index (χ1) is 14.8. The number of carbonyl (C=O) groups is 1. The second kappa shape index (κ2) is 9.67. The maximum atomic E-state index is 11.8. The van der Waals surface area contributed by atoms with E-state index < -0.39 is 16.1 Å². The van der Waals surface area contributed by atoms with Crippen molar-refractivity contribution in [1.82, 2.24) is 14.5 Å². The van der Waals surface area contributed by atoms with Crippen LogP contribution in [-0.4, -0.2) is 66.1 Å². The van der Waals surface area contributed by atoms with E-state index in [9.17, 15) is 18.3 Å². The molecule has 0 saturated carbocycles. The molecule has 31 heavy (non-hydrogen) atoms. The second-order valence-corrected chi connectivity index (χ2v) is 9.44. The van der Waals surface area contributed by atoms with Crippen LogP contribution >= 0.6 is 0 Å². The minimum Gasteiger partial charge on any atom is -0.491 e. The van der Waals surface area contributed by atoms with Gasteiger partial charge in [0.05, 0.1) is 30.8 Å². The molecule has 0 spiro atoms. The van der Waals surface area contributed by atoms with Crippen molar-refractivity contribution in [3.63, 3.8) is 0 Å². The van der Waals surface area contributed by atoms with Gasteiger partial charge in [0, 0.05) is 35.5 Å². The van der Waals surface area contributed by atoms with E-state index in [0.717, 1.165) is 16.7 Å². The highest BCUT2D eigenvalue weighted by atomic mass is 32.2. The number of rotatable bonds is 9. The lowest BCUT2D eigenvalue weighted by molar-refractivity contribution is 0.198.